The van der Waals surface area contributed by atoms with Crippen LogP contribution in [0, 0.1) is 0 Å². The maximum atomic E-state index is 12.0. The number of hydrogen-bond acceptors (Lipinski definition) is 2. The zero-order valence-electron chi connectivity index (χ0n) is 10.2. The number of likely N-dealkylation sites (N-methyl/N-ethyl adjacent to an activating group) is 1. The fourth-order valence-electron chi connectivity index (χ4n) is 1.83. The smallest absolute Gasteiger partial charge is 0.260 e. The van der Waals surface area contributed by atoms with Crippen molar-refractivity contribution < 1.29 is 9.53 Å². The van der Waals surface area contributed by atoms with Crippen LogP contribution < -0.4 is 4.74 Å². The van der Waals surface area contributed by atoms with Crippen LogP contribution in [-0.2, 0) is 4.79 Å². The van der Waals surface area contributed by atoms with E-state index in [1.807, 2.05) is 11.8 Å². The summed E-state index contributed by atoms with van der Waals surface area (Å²) in [4.78, 5) is 13.8. The second-order valence-electron chi connectivity index (χ2n) is 4.27. The van der Waals surface area contributed by atoms with Gasteiger partial charge in [-0.15, -0.1) is 0 Å². The Morgan fingerprint density at radius 2 is 2.17 bits per heavy atom. The molecule has 0 atom stereocenters. The van der Waals surface area contributed by atoms with Crippen molar-refractivity contribution in [3.8, 4) is 5.75 Å². The summed E-state index contributed by atoms with van der Waals surface area (Å²) >= 11 is 11.8. The second kappa shape index (κ2) is 5.81. The van der Waals surface area contributed by atoms with E-state index < -0.39 is 0 Å². The van der Waals surface area contributed by atoms with Gasteiger partial charge in [0.25, 0.3) is 5.91 Å². The Balaban J connectivity index is 1.94. The highest BCUT2D eigenvalue weighted by Crippen LogP contribution is 2.29. The van der Waals surface area contributed by atoms with Crippen LogP contribution in [0.25, 0.3) is 0 Å². The molecule has 5 heteroatoms. The van der Waals surface area contributed by atoms with E-state index in [-0.39, 0.29) is 12.5 Å². The second-order valence-corrected chi connectivity index (χ2v) is 5.12. The molecule has 1 aromatic rings. The zero-order chi connectivity index (χ0) is 13.1. The van der Waals surface area contributed by atoms with Gasteiger partial charge in [-0.05, 0) is 31.9 Å². The SMILES string of the molecule is CCN(C(=O)COc1cc(Cl)ccc1Cl)C1CC1. The third-order valence-electron chi connectivity index (χ3n) is 2.89. The highest BCUT2D eigenvalue weighted by molar-refractivity contribution is 6.34. The van der Waals surface area contributed by atoms with Crippen LogP contribution in [0.3, 0.4) is 0 Å². The zero-order valence-corrected chi connectivity index (χ0v) is 11.7. The average Bonchev–Trinajstić information content (AvgIpc) is 3.16. The number of hydrogen-bond donors (Lipinski definition) is 0. The number of rotatable bonds is 5. The minimum atomic E-state index is -0.00366. The molecule has 0 aliphatic heterocycles. The van der Waals surface area contributed by atoms with Gasteiger partial charge in [0.2, 0.25) is 0 Å². The third kappa shape index (κ3) is 3.30. The molecule has 2 rings (SSSR count). The largest absolute Gasteiger partial charge is 0.482 e. The first-order valence-electron chi connectivity index (χ1n) is 5.99. The van der Waals surface area contributed by atoms with E-state index in [0.717, 1.165) is 19.4 Å². The summed E-state index contributed by atoms with van der Waals surface area (Å²) in [7, 11) is 0. The number of halogens is 2. The summed E-state index contributed by atoms with van der Waals surface area (Å²) in [5, 5.41) is 0.998. The van der Waals surface area contributed by atoms with Crippen molar-refractivity contribution in [2.24, 2.45) is 0 Å². The number of carbonyl (C=O) groups is 1. The van der Waals surface area contributed by atoms with Gasteiger partial charge >= 0.3 is 0 Å². The molecule has 0 spiro atoms. The Morgan fingerprint density at radius 3 is 2.78 bits per heavy atom. The molecule has 98 valence electrons. The summed E-state index contributed by atoms with van der Waals surface area (Å²) < 4.78 is 5.43. The molecule has 0 aromatic heterocycles. The minimum Gasteiger partial charge on any atom is -0.482 e. The van der Waals surface area contributed by atoms with Crippen molar-refractivity contribution >= 4 is 29.1 Å². The third-order valence-corrected chi connectivity index (χ3v) is 3.44. The molecule has 0 N–H and O–H groups in total. The molecular formula is C13H15Cl2NO2. The Hall–Kier alpha value is -0.930. The van der Waals surface area contributed by atoms with Gasteiger partial charge in [-0.2, -0.15) is 0 Å². The van der Waals surface area contributed by atoms with Gasteiger partial charge in [0.05, 0.1) is 5.02 Å². The first-order chi connectivity index (χ1) is 8.61. The molecule has 18 heavy (non-hydrogen) atoms. The molecule has 1 saturated carbocycles. The molecular weight excluding hydrogens is 273 g/mol. The Labute approximate surface area is 117 Å². The molecule has 0 bridgehead atoms. The number of nitrogens with zero attached hydrogens (tertiary/aromatic N) is 1. The van der Waals surface area contributed by atoms with E-state index in [4.69, 9.17) is 27.9 Å². The Morgan fingerprint density at radius 1 is 1.44 bits per heavy atom. The molecule has 0 unspecified atom stereocenters. The van der Waals surface area contributed by atoms with Gasteiger partial charge in [-0.1, -0.05) is 23.2 Å². The van der Waals surface area contributed by atoms with Gasteiger partial charge in [-0.25, -0.2) is 0 Å². The normalized spacial score (nSPS) is 14.4. The van der Waals surface area contributed by atoms with Crippen LogP contribution in [-0.4, -0.2) is 30.0 Å². The fraction of sp³-hybridized carbons (Fsp3) is 0.462. The lowest BCUT2D eigenvalue weighted by Gasteiger charge is -2.20. The topological polar surface area (TPSA) is 29.5 Å². The van der Waals surface area contributed by atoms with Crippen LogP contribution >= 0.6 is 23.2 Å². The molecule has 1 aliphatic rings. The standard InChI is InChI=1S/C13H15Cl2NO2/c1-2-16(10-4-5-10)13(17)8-18-12-7-9(14)3-6-11(12)15/h3,6-7,10H,2,4-5,8H2,1H3. The van der Waals surface area contributed by atoms with Gasteiger partial charge in [0.1, 0.15) is 5.75 Å². The van der Waals surface area contributed by atoms with Crippen LogP contribution in [0.15, 0.2) is 18.2 Å². The van der Waals surface area contributed by atoms with Crippen molar-refractivity contribution in [2.75, 3.05) is 13.2 Å². The van der Waals surface area contributed by atoms with Crippen LogP contribution in [0.1, 0.15) is 19.8 Å². The van der Waals surface area contributed by atoms with Gasteiger partial charge in [0, 0.05) is 23.7 Å². The lowest BCUT2D eigenvalue weighted by Crippen LogP contribution is -2.36. The highest BCUT2D eigenvalue weighted by atomic mass is 35.5. The Bertz CT molecular complexity index is 447. The average molecular weight is 288 g/mol. The van der Waals surface area contributed by atoms with Crippen LogP contribution in [0.4, 0.5) is 0 Å². The van der Waals surface area contributed by atoms with E-state index in [1.54, 1.807) is 18.2 Å². The van der Waals surface area contributed by atoms with E-state index >= 15 is 0 Å². The molecule has 1 aromatic carbocycles. The predicted molar refractivity (Wildman–Crippen MR) is 72.4 cm³/mol. The molecule has 0 radical (unpaired) electrons. The molecule has 0 heterocycles. The summed E-state index contributed by atoms with van der Waals surface area (Å²) in [5.41, 5.74) is 0. The quantitative estimate of drug-likeness (QED) is 0.831. The van der Waals surface area contributed by atoms with E-state index in [0.29, 0.717) is 21.8 Å². The lowest BCUT2D eigenvalue weighted by atomic mass is 10.3. The van der Waals surface area contributed by atoms with E-state index in [9.17, 15) is 4.79 Å². The molecule has 1 amide bonds. The number of ether oxygens (including phenoxy) is 1. The van der Waals surface area contributed by atoms with Gasteiger partial charge < -0.3 is 9.64 Å². The first kappa shape index (κ1) is 13.5. The monoisotopic (exact) mass is 287 g/mol. The predicted octanol–water partition coefficient (Wildman–Crippen LogP) is 3.38. The van der Waals surface area contributed by atoms with E-state index in [1.165, 1.54) is 0 Å². The van der Waals surface area contributed by atoms with Gasteiger partial charge in [-0.3, -0.25) is 4.79 Å². The van der Waals surface area contributed by atoms with Crippen molar-refractivity contribution in [1.82, 2.24) is 4.90 Å². The maximum Gasteiger partial charge on any atom is 0.260 e. The summed E-state index contributed by atoms with van der Waals surface area (Å²) in [6.45, 7) is 2.70. The highest BCUT2D eigenvalue weighted by Gasteiger charge is 2.31. The molecule has 1 fully saturated rings. The summed E-state index contributed by atoms with van der Waals surface area (Å²) in [6, 6.07) is 5.36. The Kier molecular flexibility index (Phi) is 4.36. The molecule has 0 saturated heterocycles. The van der Waals surface area contributed by atoms with Crippen molar-refractivity contribution in [3.05, 3.63) is 28.2 Å². The first-order valence-corrected chi connectivity index (χ1v) is 6.74. The summed E-state index contributed by atoms with van der Waals surface area (Å²) in [6.07, 6.45) is 2.19. The lowest BCUT2D eigenvalue weighted by molar-refractivity contribution is -0.133. The maximum absolute atomic E-state index is 12.0. The number of carbonyl (C=O) groups excluding carboxylic acids is 1. The number of benzene rings is 1. The fourth-order valence-corrected chi connectivity index (χ4v) is 2.17. The van der Waals surface area contributed by atoms with Crippen molar-refractivity contribution in [1.29, 1.82) is 0 Å². The van der Waals surface area contributed by atoms with E-state index in [2.05, 4.69) is 0 Å². The molecule has 1 aliphatic carbocycles. The number of amides is 1. The minimum absolute atomic E-state index is 0.00366. The van der Waals surface area contributed by atoms with Crippen LogP contribution in [0.2, 0.25) is 10.0 Å². The molecule has 3 nitrogen and oxygen atoms in total. The summed E-state index contributed by atoms with van der Waals surface area (Å²) in [5.74, 6) is 0.445. The van der Waals surface area contributed by atoms with Crippen LogP contribution in [0.5, 0.6) is 5.75 Å². The van der Waals surface area contributed by atoms with Crippen molar-refractivity contribution in [3.63, 3.8) is 0 Å². The van der Waals surface area contributed by atoms with Crippen molar-refractivity contribution in [2.45, 2.75) is 25.8 Å². The van der Waals surface area contributed by atoms with Gasteiger partial charge in [0.15, 0.2) is 6.61 Å².